The molecule has 1 aromatic heterocycles. The molecule has 2 heterocycles. The Morgan fingerprint density at radius 2 is 2.25 bits per heavy atom. The number of nitrogens with zero attached hydrogens (tertiary/aromatic N) is 2. The highest BCUT2D eigenvalue weighted by molar-refractivity contribution is 14.1. The van der Waals surface area contributed by atoms with E-state index in [9.17, 15) is 9.59 Å². The van der Waals surface area contributed by atoms with Crippen LogP contribution in [-0.4, -0.2) is 46.5 Å². The van der Waals surface area contributed by atoms with E-state index in [0.717, 1.165) is 22.1 Å². The molecule has 6 nitrogen and oxygen atoms in total. The van der Waals surface area contributed by atoms with Gasteiger partial charge in [-0.3, -0.25) is 14.7 Å². The molecule has 1 aromatic rings. The number of halogens is 1. The molecule has 0 unspecified atom stereocenters. The summed E-state index contributed by atoms with van der Waals surface area (Å²) in [6.07, 6.45) is 4.82. The lowest BCUT2D eigenvalue weighted by atomic mass is 9.93. The van der Waals surface area contributed by atoms with Crippen LogP contribution in [0.15, 0.2) is 18.9 Å². The standard InChI is InChI=1S/C13H17IN4O2/c1-2-11(19)15-8-12(20)18-5-3-9(4-6-18)13-10(14)7-16-17-13/h2,7,9H,1,3-6,8H2,(H,15,19)(H,16,17). The first kappa shape index (κ1) is 15.0. The van der Waals surface area contributed by atoms with E-state index in [1.54, 1.807) is 4.90 Å². The quantitative estimate of drug-likeness (QED) is 0.598. The zero-order valence-corrected chi connectivity index (χ0v) is 13.2. The third kappa shape index (κ3) is 3.59. The molecule has 2 N–H and O–H groups in total. The molecule has 0 bridgehead atoms. The predicted octanol–water partition coefficient (Wildman–Crippen LogP) is 1.02. The number of carbonyl (C=O) groups excluding carboxylic acids is 2. The summed E-state index contributed by atoms with van der Waals surface area (Å²) in [6, 6.07) is 0. The lowest BCUT2D eigenvalue weighted by Gasteiger charge is -2.31. The molecule has 7 heteroatoms. The third-order valence-electron chi connectivity index (χ3n) is 3.48. The lowest BCUT2D eigenvalue weighted by molar-refractivity contribution is -0.133. The predicted molar refractivity (Wildman–Crippen MR) is 83.1 cm³/mol. The first-order chi connectivity index (χ1) is 9.61. The van der Waals surface area contributed by atoms with Gasteiger partial charge in [0.15, 0.2) is 0 Å². The van der Waals surface area contributed by atoms with Gasteiger partial charge >= 0.3 is 0 Å². The van der Waals surface area contributed by atoms with Crippen LogP contribution < -0.4 is 5.32 Å². The average Bonchev–Trinajstić information content (AvgIpc) is 2.90. The van der Waals surface area contributed by atoms with Crippen LogP contribution in [0, 0.1) is 3.57 Å². The second kappa shape index (κ2) is 6.87. The van der Waals surface area contributed by atoms with E-state index in [-0.39, 0.29) is 18.4 Å². The summed E-state index contributed by atoms with van der Waals surface area (Å²) < 4.78 is 1.14. The van der Waals surface area contributed by atoms with Crippen LogP contribution in [0.3, 0.4) is 0 Å². The van der Waals surface area contributed by atoms with Gasteiger partial charge in [0, 0.05) is 19.0 Å². The molecule has 1 aliphatic heterocycles. The highest BCUT2D eigenvalue weighted by Crippen LogP contribution is 2.29. The van der Waals surface area contributed by atoms with Crippen molar-refractivity contribution in [2.24, 2.45) is 0 Å². The van der Waals surface area contributed by atoms with Crippen LogP contribution in [0.2, 0.25) is 0 Å². The number of hydrogen-bond donors (Lipinski definition) is 2. The van der Waals surface area contributed by atoms with Gasteiger partial charge in [-0.1, -0.05) is 6.58 Å². The average molecular weight is 388 g/mol. The Morgan fingerprint density at radius 3 is 2.80 bits per heavy atom. The number of nitrogens with one attached hydrogen (secondary N) is 2. The van der Waals surface area contributed by atoms with Gasteiger partial charge in [-0.15, -0.1) is 0 Å². The topological polar surface area (TPSA) is 78.1 Å². The van der Waals surface area contributed by atoms with Gasteiger partial charge in [-0.25, -0.2) is 0 Å². The van der Waals surface area contributed by atoms with Gasteiger partial charge in [-0.2, -0.15) is 5.10 Å². The van der Waals surface area contributed by atoms with Gasteiger partial charge < -0.3 is 10.2 Å². The van der Waals surface area contributed by atoms with Crippen LogP contribution in [0.1, 0.15) is 24.5 Å². The molecule has 1 saturated heterocycles. The molecule has 1 aliphatic rings. The van der Waals surface area contributed by atoms with Crippen molar-refractivity contribution >= 4 is 34.4 Å². The maximum Gasteiger partial charge on any atom is 0.243 e. The number of amides is 2. The number of likely N-dealkylation sites (tertiary alicyclic amines) is 1. The van der Waals surface area contributed by atoms with Gasteiger partial charge in [0.1, 0.15) is 0 Å². The summed E-state index contributed by atoms with van der Waals surface area (Å²) in [6.45, 7) is 4.81. The van der Waals surface area contributed by atoms with E-state index < -0.39 is 0 Å². The molecule has 0 spiro atoms. The first-order valence-electron chi connectivity index (χ1n) is 6.48. The Bertz CT molecular complexity index is 506. The number of carbonyl (C=O) groups is 2. The smallest absolute Gasteiger partial charge is 0.243 e. The second-order valence-electron chi connectivity index (χ2n) is 4.71. The van der Waals surface area contributed by atoms with E-state index in [4.69, 9.17) is 0 Å². The van der Waals surface area contributed by atoms with Crippen molar-refractivity contribution in [1.82, 2.24) is 20.4 Å². The van der Waals surface area contributed by atoms with E-state index in [0.29, 0.717) is 19.0 Å². The Morgan fingerprint density at radius 1 is 1.55 bits per heavy atom. The third-order valence-corrected chi connectivity index (χ3v) is 4.33. The Balaban J connectivity index is 1.82. The van der Waals surface area contributed by atoms with Crippen molar-refractivity contribution in [3.63, 3.8) is 0 Å². The molecule has 0 radical (unpaired) electrons. The zero-order valence-electron chi connectivity index (χ0n) is 11.1. The summed E-state index contributed by atoms with van der Waals surface area (Å²) in [7, 11) is 0. The number of aromatic nitrogens is 2. The van der Waals surface area contributed by atoms with Gasteiger partial charge in [0.2, 0.25) is 11.8 Å². The molecule has 1 fully saturated rings. The van der Waals surface area contributed by atoms with E-state index >= 15 is 0 Å². The molecular weight excluding hydrogens is 371 g/mol. The minimum absolute atomic E-state index is 0.0388. The molecule has 2 rings (SSSR count). The SMILES string of the molecule is C=CC(=O)NCC(=O)N1CCC(c2[nH]ncc2I)CC1. The van der Waals surface area contributed by atoms with Gasteiger partial charge in [-0.05, 0) is 41.5 Å². The van der Waals surface area contributed by atoms with Crippen molar-refractivity contribution in [2.75, 3.05) is 19.6 Å². The normalized spacial score (nSPS) is 15.9. The highest BCUT2D eigenvalue weighted by atomic mass is 127. The number of aromatic amines is 1. The van der Waals surface area contributed by atoms with Gasteiger partial charge in [0.25, 0.3) is 0 Å². The Hall–Kier alpha value is -1.38. The highest BCUT2D eigenvalue weighted by Gasteiger charge is 2.25. The second-order valence-corrected chi connectivity index (χ2v) is 5.87. The van der Waals surface area contributed by atoms with E-state index in [1.165, 1.54) is 6.08 Å². The lowest BCUT2D eigenvalue weighted by Crippen LogP contribution is -2.43. The fourth-order valence-corrected chi connectivity index (χ4v) is 3.03. The minimum atomic E-state index is -0.319. The fraction of sp³-hybridized carbons (Fsp3) is 0.462. The zero-order chi connectivity index (χ0) is 14.5. The molecular formula is C13H17IN4O2. The number of hydrogen-bond acceptors (Lipinski definition) is 3. The summed E-state index contributed by atoms with van der Waals surface area (Å²) in [4.78, 5) is 24.8. The number of H-pyrrole nitrogens is 1. The van der Waals surface area contributed by atoms with Crippen LogP contribution in [0.5, 0.6) is 0 Å². The molecule has 108 valence electrons. The molecule has 0 saturated carbocycles. The first-order valence-corrected chi connectivity index (χ1v) is 7.56. The summed E-state index contributed by atoms with van der Waals surface area (Å²) >= 11 is 2.27. The maximum atomic E-state index is 11.9. The fourth-order valence-electron chi connectivity index (χ4n) is 2.33. The number of rotatable bonds is 4. The molecule has 0 atom stereocenters. The van der Waals surface area contributed by atoms with Crippen LogP contribution in [0.25, 0.3) is 0 Å². The summed E-state index contributed by atoms with van der Waals surface area (Å²) in [5, 5.41) is 9.59. The van der Waals surface area contributed by atoms with Crippen LogP contribution >= 0.6 is 22.6 Å². The van der Waals surface area contributed by atoms with Crippen molar-refractivity contribution in [3.8, 4) is 0 Å². The summed E-state index contributed by atoms with van der Waals surface area (Å²) in [5.74, 6) is 0.0643. The molecule has 2 amide bonds. The largest absolute Gasteiger partial charge is 0.343 e. The van der Waals surface area contributed by atoms with Crippen molar-refractivity contribution in [2.45, 2.75) is 18.8 Å². The van der Waals surface area contributed by atoms with Crippen molar-refractivity contribution < 1.29 is 9.59 Å². The van der Waals surface area contributed by atoms with Gasteiger partial charge in [0.05, 0.1) is 22.0 Å². The van der Waals surface area contributed by atoms with E-state index in [2.05, 4.69) is 44.7 Å². The van der Waals surface area contributed by atoms with E-state index in [1.807, 2.05) is 6.20 Å². The monoisotopic (exact) mass is 388 g/mol. The molecule has 20 heavy (non-hydrogen) atoms. The maximum absolute atomic E-state index is 11.9. The molecule has 0 aliphatic carbocycles. The number of piperidine rings is 1. The van der Waals surface area contributed by atoms with Crippen molar-refractivity contribution in [1.29, 1.82) is 0 Å². The Kier molecular flexibility index (Phi) is 5.16. The molecule has 0 aromatic carbocycles. The van der Waals surface area contributed by atoms with Crippen LogP contribution in [0.4, 0.5) is 0 Å². The van der Waals surface area contributed by atoms with Crippen LogP contribution in [-0.2, 0) is 9.59 Å². The summed E-state index contributed by atoms with van der Waals surface area (Å²) in [5.41, 5.74) is 1.16. The minimum Gasteiger partial charge on any atom is -0.343 e. The van der Waals surface area contributed by atoms with Crippen molar-refractivity contribution in [3.05, 3.63) is 28.1 Å². The Labute approximate surface area is 131 Å².